The molecule has 0 aliphatic rings. The number of hydrogen-bond donors (Lipinski definition) is 1. The maximum absolute atomic E-state index is 4.41. The van der Waals surface area contributed by atoms with Crippen molar-refractivity contribution >= 4 is 17.3 Å². The smallest absolute Gasteiger partial charge is 0.202 e. The fourth-order valence-corrected chi connectivity index (χ4v) is 2.91. The highest BCUT2D eigenvalue weighted by molar-refractivity contribution is 7.10. The van der Waals surface area contributed by atoms with Crippen LogP contribution in [0.25, 0.3) is 0 Å². The van der Waals surface area contributed by atoms with E-state index in [4.69, 9.17) is 0 Å². The first-order valence-electron chi connectivity index (χ1n) is 6.78. The lowest BCUT2D eigenvalue weighted by Gasteiger charge is -2.25. The van der Waals surface area contributed by atoms with Crippen molar-refractivity contribution in [3.63, 3.8) is 0 Å². The molecular formula is C15H23N3S. The third-order valence-electron chi connectivity index (χ3n) is 3.14. The molecule has 4 heteroatoms. The van der Waals surface area contributed by atoms with Crippen LogP contribution in [0.4, 0.5) is 5.95 Å². The standard InChI is InChI=1S/C15H23N3S/c1-12(2)10-17-14-16-7-8-18(14)11-15(3,4)13-6-5-9-19-13/h5-9,12H,10-11H2,1-4H3,(H,16,17). The van der Waals surface area contributed by atoms with Crippen LogP contribution >= 0.6 is 11.3 Å². The molecule has 0 unspecified atom stereocenters. The van der Waals surface area contributed by atoms with Gasteiger partial charge in [0, 0.05) is 35.8 Å². The van der Waals surface area contributed by atoms with Crippen LogP contribution in [0.5, 0.6) is 0 Å². The van der Waals surface area contributed by atoms with Gasteiger partial charge in [-0.3, -0.25) is 0 Å². The van der Waals surface area contributed by atoms with Gasteiger partial charge in [0.05, 0.1) is 0 Å². The maximum atomic E-state index is 4.41. The van der Waals surface area contributed by atoms with Gasteiger partial charge in [-0.25, -0.2) is 4.98 Å². The van der Waals surface area contributed by atoms with Gasteiger partial charge in [0.1, 0.15) is 0 Å². The Balaban J connectivity index is 2.09. The van der Waals surface area contributed by atoms with E-state index >= 15 is 0 Å². The minimum absolute atomic E-state index is 0.128. The lowest BCUT2D eigenvalue weighted by atomic mass is 9.91. The van der Waals surface area contributed by atoms with Crippen LogP contribution in [0.3, 0.4) is 0 Å². The Bertz CT molecular complexity index is 497. The molecule has 3 nitrogen and oxygen atoms in total. The van der Waals surface area contributed by atoms with Crippen molar-refractivity contribution in [1.82, 2.24) is 9.55 Å². The molecule has 0 fully saturated rings. The van der Waals surface area contributed by atoms with Crippen molar-refractivity contribution in [3.8, 4) is 0 Å². The lowest BCUT2D eigenvalue weighted by Crippen LogP contribution is -2.24. The van der Waals surface area contributed by atoms with E-state index in [-0.39, 0.29) is 5.41 Å². The molecular weight excluding hydrogens is 254 g/mol. The summed E-state index contributed by atoms with van der Waals surface area (Å²) >= 11 is 1.82. The molecule has 0 saturated heterocycles. The van der Waals surface area contributed by atoms with Crippen LogP contribution in [-0.4, -0.2) is 16.1 Å². The summed E-state index contributed by atoms with van der Waals surface area (Å²) in [7, 11) is 0. The Morgan fingerprint density at radius 2 is 2.21 bits per heavy atom. The third kappa shape index (κ3) is 3.60. The monoisotopic (exact) mass is 277 g/mol. The zero-order valence-electron chi connectivity index (χ0n) is 12.2. The van der Waals surface area contributed by atoms with Crippen molar-refractivity contribution in [1.29, 1.82) is 0 Å². The lowest BCUT2D eigenvalue weighted by molar-refractivity contribution is 0.444. The molecule has 0 radical (unpaired) electrons. The van der Waals surface area contributed by atoms with Gasteiger partial charge in [0.2, 0.25) is 5.95 Å². The van der Waals surface area contributed by atoms with E-state index in [1.807, 2.05) is 17.5 Å². The van der Waals surface area contributed by atoms with Crippen molar-refractivity contribution in [2.45, 2.75) is 39.7 Å². The first-order valence-corrected chi connectivity index (χ1v) is 7.66. The highest BCUT2D eigenvalue weighted by Crippen LogP contribution is 2.30. The molecule has 1 N–H and O–H groups in total. The maximum Gasteiger partial charge on any atom is 0.202 e. The molecule has 0 spiro atoms. The molecule has 2 aromatic rings. The Morgan fingerprint density at radius 1 is 1.42 bits per heavy atom. The second-order valence-corrected chi connectivity index (χ2v) is 6.96. The van der Waals surface area contributed by atoms with Crippen molar-refractivity contribution < 1.29 is 0 Å². The summed E-state index contributed by atoms with van der Waals surface area (Å²) in [5, 5.41) is 5.56. The predicted molar refractivity (Wildman–Crippen MR) is 82.9 cm³/mol. The van der Waals surface area contributed by atoms with E-state index < -0.39 is 0 Å². The molecule has 104 valence electrons. The number of nitrogens with zero attached hydrogens (tertiary/aromatic N) is 2. The second kappa shape index (κ2) is 5.78. The van der Waals surface area contributed by atoms with Gasteiger partial charge < -0.3 is 9.88 Å². The van der Waals surface area contributed by atoms with Crippen LogP contribution in [0, 0.1) is 5.92 Å². The summed E-state index contributed by atoms with van der Waals surface area (Å²) < 4.78 is 2.21. The Morgan fingerprint density at radius 3 is 2.84 bits per heavy atom. The number of thiophene rings is 1. The van der Waals surface area contributed by atoms with Gasteiger partial charge in [-0.2, -0.15) is 0 Å². The fraction of sp³-hybridized carbons (Fsp3) is 0.533. The van der Waals surface area contributed by atoms with Gasteiger partial charge in [-0.1, -0.05) is 33.8 Å². The summed E-state index contributed by atoms with van der Waals surface area (Å²) in [6, 6.07) is 4.33. The minimum Gasteiger partial charge on any atom is -0.355 e. The van der Waals surface area contributed by atoms with Gasteiger partial charge >= 0.3 is 0 Å². The summed E-state index contributed by atoms with van der Waals surface area (Å²) in [6.07, 6.45) is 3.92. The van der Waals surface area contributed by atoms with E-state index in [9.17, 15) is 0 Å². The number of hydrogen-bond acceptors (Lipinski definition) is 3. The first-order chi connectivity index (χ1) is 8.99. The fourth-order valence-electron chi connectivity index (χ4n) is 2.07. The first kappa shape index (κ1) is 14.1. The average molecular weight is 277 g/mol. The summed E-state index contributed by atoms with van der Waals surface area (Å²) in [5.74, 6) is 1.59. The van der Waals surface area contributed by atoms with Gasteiger partial charge in [0.25, 0.3) is 0 Å². The topological polar surface area (TPSA) is 29.9 Å². The number of anilines is 1. The van der Waals surface area contributed by atoms with Gasteiger partial charge in [0.15, 0.2) is 0 Å². The molecule has 0 saturated carbocycles. The van der Waals surface area contributed by atoms with E-state index in [0.29, 0.717) is 5.92 Å². The highest BCUT2D eigenvalue weighted by Gasteiger charge is 2.23. The Kier molecular flexibility index (Phi) is 4.30. The second-order valence-electron chi connectivity index (χ2n) is 6.01. The zero-order chi connectivity index (χ0) is 13.9. The molecule has 0 amide bonds. The number of rotatable bonds is 6. The van der Waals surface area contributed by atoms with Crippen LogP contribution in [0.15, 0.2) is 29.9 Å². The molecule has 2 aromatic heterocycles. The molecule has 0 atom stereocenters. The van der Waals surface area contributed by atoms with Crippen LogP contribution < -0.4 is 5.32 Å². The predicted octanol–water partition coefficient (Wildman–Crippen LogP) is 3.99. The van der Waals surface area contributed by atoms with E-state index in [2.05, 4.69) is 66.3 Å². The quantitative estimate of drug-likeness (QED) is 0.865. The molecule has 19 heavy (non-hydrogen) atoms. The third-order valence-corrected chi connectivity index (χ3v) is 4.37. The van der Waals surface area contributed by atoms with E-state index in [1.165, 1.54) is 4.88 Å². The largest absolute Gasteiger partial charge is 0.355 e. The van der Waals surface area contributed by atoms with Crippen LogP contribution in [0.2, 0.25) is 0 Å². The SMILES string of the molecule is CC(C)CNc1nccn1CC(C)(C)c1cccs1. The number of nitrogens with one attached hydrogen (secondary N) is 1. The Labute approximate surface area is 119 Å². The minimum atomic E-state index is 0.128. The molecule has 0 bridgehead atoms. The number of imidazole rings is 1. The summed E-state index contributed by atoms with van der Waals surface area (Å²) in [6.45, 7) is 10.9. The molecule has 0 aliphatic carbocycles. The molecule has 0 aliphatic heterocycles. The summed E-state index contributed by atoms with van der Waals surface area (Å²) in [4.78, 5) is 5.82. The number of aromatic nitrogens is 2. The molecule has 2 rings (SSSR count). The average Bonchev–Trinajstić information content (AvgIpc) is 2.96. The van der Waals surface area contributed by atoms with Crippen molar-refractivity contribution in [3.05, 3.63) is 34.8 Å². The Hall–Kier alpha value is -1.29. The van der Waals surface area contributed by atoms with Crippen LogP contribution in [0.1, 0.15) is 32.6 Å². The van der Waals surface area contributed by atoms with Crippen LogP contribution in [-0.2, 0) is 12.0 Å². The summed E-state index contributed by atoms with van der Waals surface area (Å²) in [5.41, 5.74) is 0.128. The normalized spacial score (nSPS) is 12.1. The van der Waals surface area contributed by atoms with Crippen molar-refractivity contribution in [2.24, 2.45) is 5.92 Å². The van der Waals surface area contributed by atoms with Gasteiger partial charge in [-0.05, 0) is 17.4 Å². The van der Waals surface area contributed by atoms with E-state index in [0.717, 1.165) is 19.0 Å². The molecule has 0 aromatic carbocycles. The highest BCUT2D eigenvalue weighted by atomic mass is 32.1. The zero-order valence-corrected chi connectivity index (χ0v) is 13.0. The van der Waals surface area contributed by atoms with Crippen molar-refractivity contribution in [2.75, 3.05) is 11.9 Å². The van der Waals surface area contributed by atoms with Gasteiger partial charge in [-0.15, -0.1) is 11.3 Å². The molecule has 2 heterocycles. The van der Waals surface area contributed by atoms with E-state index in [1.54, 1.807) is 0 Å².